The quantitative estimate of drug-likeness (QED) is 0.472. The minimum atomic E-state index is -0.453. The zero-order chi connectivity index (χ0) is 24.9. The van der Waals surface area contributed by atoms with Crippen LogP contribution >= 0.6 is 0 Å². The first kappa shape index (κ1) is 22.7. The van der Waals surface area contributed by atoms with E-state index in [4.69, 9.17) is 9.26 Å². The SMILES string of the molecule is COc1ccc2c(c1)CCCc1c(C(=O)Nc3c(C)n(C)n(-c4cc(C)ccc4C)c3=O)noc1-2. The zero-order valence-electron chi connectivity index (χ0n) is 20.6. The largest absolute Gasteiger partial charge is 0.497 e. The Bertz CT molecular complexity index is 1520. The maximum atomic E-state index is 13.4. The predicted molar refractivity (Wildman–Crippen MR) is 134 cm³/mol. The lowest BCUT2D eigenvalue weighted by Crippen LogP contribution is -2.24. The lowest BCUT2D eigenvalue weighted by Gasteiger charge is -2.11. The highest BCUT2D eigenvalue weighted by molar-refractivity contribution is 6.05. The Labute approximate surface area is 203 Å². The highest BCUT2D eigenvalue weighted by Gasteiger charge is 2.28. The Kier molecular flexibility index (Phi) is 5.59. The number of benzene rings is 2. The molecule has 2 heterocycles. The number of amides is 1. The van der Waals surface area contributed by atoms with Crippen LogP contribution in [0.1, 0.15) is 44.9 Å². The summed E-state index contributed by atoms with van der Waals surface area (Å²) in [5.41, 5.74) is 6.37. The molecule has 0 unspecified atom stereocenters. The van der Waals surface area contributed by atoms with Crippen molar-refractivity contribution in [2.45, 2.75) is 40.0 Å². The average molecular weight is 473 g/mol. The van der Waals surface area contributed by atoms with Gasteiger partial charge in [0.15, 0.2) is 11.5 Å². The van der Waals surface area contributed by atoms with E-state index in [1.807, 2.05) is 64.2 Å². The number of hydrogen-bond donors (Lipinski definition) is 1. The van der Waals surface area contributed by atoms with Gasteiger partial charge in [-0.05, 0) is 81.0 Å². The molecule has 0 spiro atoms. The number of aryl methyl sites for hydroxylation is 3. The lowest BCUT2D eigenvalue weighted by atomic mass is 10.0. The van der Waals surface area contributed by atoms with Crippen molar-refractivity contribution in [3.05, 3.63) is 80.4 Å². The number of ether oxygens (including phenoxy) is 1. The van der Waals surface area contributed by atoms with Gasteiger partial charge in [0.05, 0.1) is 18.5 Å². The summed E-state index contributed by atoms with van der Waals surface area (Å²) in [6.07, 6.45) is 2.34. The Morgan fingerprint density at radius 3 is 2.69 bits per heavy atom. The van der Waals surface area contributed by atoms with Crippen LogP contribution in [0.15, 0.2) is 45.7 Å². The average Bonchev–Trinajstić information content (AvgIpc) is 3.28. The van der Waals surface area contributed by atoms with Crippen LogP contribution in [0.5, 0.6) is 5.75 Å². The second-order valence-corrected chi connectivity index (χ2v) is 9.06. The molecule has 0 saturated carbocycles. The van der Waals surface area contributed by atoms with E-state index in [0.717, 1.165) is 52.1 Å². The second-order valence-electron chi connectivity index (χ2n) is 9.06. The number of nitrogens with zero attached hydrogens (tertiary/aromatic N) is 3. The molecule has 2 aromatic carbocycles. The van der Waals surface area contributed by atoms with E-state index in [9.17, 15) is 9.59 Å². The summed E-state index contributed by atoms with van der Waals surface area (Å²) in [6, 6.07) is 11.8. The Morgan fingerprint density at radius 1 is 1.11 bits per heavy atom. The number of fused-ring (bicyclic) bond motifs is 3. The molecule has 8 heteroatoms. The van der Waals surface area contributed by atoms with E-state index in [0.29, 0.717) is 17.9 Å². The smallest absolute Gasteiger partial charge is 0.295 e. The van der Waals surface area contributed by atoms with Crippen molar-refractivity contribution in [3.8, 4) is 22.8 Å². The predicted octanol–water partition coefficient (Wildman–Crippen LogP) is 4.51. The number of carbonyl (C=O) groups excluding carboxylic acids is 1. The summed E-state index contributed by atoms with van der Waals surface area (Å²) in [5.74, 6) is 0.929. The summed E-state index contributed by atoms with van der Waals surface area (Å²) >= 11 is 0. The molecule has 1 N–H and O–H groups in total. The molecule has 1 aliphatic carbocycles. The normalized spacial score (nSPS) is 12.6. The van der Waals surface area contributed by atoms with Crippen LogP contribution < -0.4 is 15.6 Å². The molecule has 0 aliphatic heterocycles. The van der Waals surface area contributed by atoms with Gasteiger partial charge in [-0.15, -0.1) is 0 Å². The monoisotopic (exact) mass is 472 g/mol. The summed E-state index contributed by atoms with van der Waals surface area (Å²) < 4.78 is 14.4. The maximum Gasteiger partial charge on any atom is 0.295 e. The molecule has 0 saturated heterocycles. The number of anilines is 1. The van der Waals surface area contributed by atoms with Crippen LogP contribution in [0.4, 0.5) is 5.69 Å². The van der Waals surface area contributed by atoms with Gasteiger partial charge in [-0.25, -0.2) is 4.68 Å². The molecule has 4 aromatic rings. The number of rotatable bonds is 4. The van der Waals surface area contributed by atoms with Crippen LogP contribution in [-0.4, -0.2) is 27.5 Å². The number of methoxy groups -OCH3 is 1. The van der Waals surface area contributed by atoms with Gasteiger partial charge in [0.1, 0.15) is 11.4 Å². The third kappa shape index (κ3) is 3.75. The molecule has 0 radical (unpaired) electrons. The molecule has 0 bridgehead atoms. The molecule has 2 aromatic heterocycles. The minimum Gasteiger partial charge on any atom is -0.497 e. The fraction of sp³-hybridized carbons (Fsp3) is 0.296. The molecule has 5 rings (SSSR count). The molecule has 1 amide bonds. The van der Waals surface area contributed by atoms with E-state index in [1.54, 1.807) is 16.5 Å². The number of carbonyl (C=O) groups is 1. The van der Waals surface area contributed by atoms with Crippen molar-refractivity contribution in [2.24, 2.45) is 7.05 Å². The van der Waals surface area contributed by atoms with Crippen molar-refractivity contribution < 1.29 is 14.1 Å². The van der Waals surface area contributed by atoms with E-state index >= 15 is 0 Å². The first-order valence-corrected chi connectivity index (χ1v) is 11.6. The van der Waals surface area contributed by atoms with Crippen molar-refractivity contribution in [3.63, 3.8) is 0 Å². The number of hydrogen-bond acceptors (Lipinski definition) is 5. The Hall–Kier alpha value is -4.07. The molecule has 1 aliphatic rings. The van der Waals surface area contributed by atoms with E-state index < -0.39 is 5.91 Å². The first-order valence-electron chi connectivity index (χ1n) is 11.6. The fourth-order valence-corrected chi connectivity index (χ4v) is 4.76. The standard InChI is InChI=1S/C27H28N4O4/c1-15-9-10-16(2)22(13-15)31-27(33)23(17(3)30(31)4)28-26(32)24-21-8-6-7-18-14-19(34-5)11-12-20(18)25(21)35-29-24/h9-14H,6-8H2,1-5H3,(H,28,32). The van der Waals surface area contributed by atoms with Gasteiger partial charge in [0, 0.05) is 18.2 Å². The van der Waals surface area contributed by atoms with Gasteiger partial charge in [0.25, 0.3) is 11.5 Å². The number of aromatic nitrogens is 3. The van der Waals surface area contributed by atoms with Crippen LogP contribution in [0, 0.1) is 20.8 Å². The van der Waals surface area contributed by atoms with E-state index in [-0.39, 0.29) is 16.9 Å². The van der Waals surface area contributed by atoms with Crippen molar-refractivity contribution in [1.82, 2.24) is 14.5 Å². The molecule has 35 heavy (non-hydrogen) atoms. The van der Waals surface area contributed by atoms with Crippen molar-refractivity contribution in [1.29, 1.82) is 0 Å². The van der Waals surface area contributed by atoms with Gasteiger partial charge >= 0.3 is 0 Å². The first-order chi connectivity index (χ1) is 16.8. The van der Waals surface area contributed by atoms with Crippen LogP contribution in [-0.2, 0) is 19.9 Å². The van der Waals surface area contributed by atoms with Crippen LogP contribution in [0.2, 0.25) is 0 Å². The summed E-state index contributed by atoms with van der Waals surface area (Å²) in [4.78, 5) is 26.8. The molecule has 180 valence electrons. The van der Waals surface area contributed by atoms with Crippen molar-refractivity contribution >= 4 is 11.6 Å². The minimum absolute atomic E-state index is 0.213. The molecule has 0 fully saturated rings. The molecular weight excluding hydrogens is 444 g/mol. The Balaban J connectivity index is 1.52. The third-order valence-electron chi connectivity index (χ3n) is 6.82. The molecule has 0 atom stereocenters. The summed E-state index contributed by atoms with van der Waals surface area (Å²) in [7, 11) is 3.45. The summed E-state index contributed by atoms with van der Waals surface area (Å²) in [6.45, 7) is 5.75. The van der Waals surface area contributed by atoms with Gasteiger partial charge < -0.3 is 14.6 Å². The maximum absolute atomic E-state index is 13.4. The summed E-state index contributed by atoms with van der Waals surface area (Å²) in [5, 5.41) is 6.94. The van der Waals surface area contributed by atoms with Gasteiger partial charge in [-0.1, -0.05) is 17.3 Å². The van der Waals surface area contributed by atoms with Crippen molar-refractivity contribution in [2.75, 3.05) is 12.4 Å². The second kappa shape index (κ2) is 8.61. The van der Waals surface area contributed by atoms with Crippen LogP contribution in [0.25, 0.3) is 17.0 Å². The molecular formula is C27H28N4O4. The van der Waals surface area contributed by atoms with Gasteiger partial charge in [-0.3, -0.25) is 14.3 Å². The highest BCUT2D eigenvalue weighted by Crippen LogP contribution is 2.36. The Morgan fingerprint density at radius 2 is 1.91 bits per heavy atom. The lowest BCUT2D eigenvalue weighted by molar-refractivity contribution is 0.101. The van der Waals surface area contributed by atoms with E-state index in [2.05, 4.69) is 10.5 Å². The van der Waals surface area contributed by atoms with Gasteiger partial charge in [0.2, 0.25) is 0 Å². The fourth-order valence-electron chi connectivity index (χ4n) is 4.76. The van der Waals surface area contributed by atoms with Gasteiger partial charge in [-0.2, -0.15) is 0 Å². The highest BCUT2D eigenvalue weighted by atomic mass is 16.5. The number of nitrogens with one attached hydrogen (secondary N) is 1. The topological polar surface area (TPSA) is 91.3 Å². The molecule has 8 nitrogen and oxygen atoms in total. The third-order valence-corrected chi connectivity index (χ3v) is 6.82. The van der Waals surface area contributed by atoms with Crippen LogP contribution in [0.3, 0.4) is 0 Å². The van der Waals surface area contributed by atoms with E-state index in [1.165, 1.54) is 0 Å². The zero-order valence-corrected chi connectivity index (χ0v) is 20.6.